The zero-order valence-corrected chi connectivity index (χ0v) is 9.70. The first kappa shape index (κ1) is 12.6. The summed E-state index contributed by atoms with van der Waals surface area (Å²) in [7, 11) is 0. The molecule has 96 valence electrons. The predicted octanol–water partition coefficient (Wildman–Crippen LogP) is 2.81. The minimum Gasteiger partial charge on any atom is -0.385 e. The summed E-state index contributed by atoms with van der Waals surface area (Å²) < 4.78 is 37.8. The highest BCUT2D eigenvalue weighted by Gasteiger charge is 2.31. The average molecular weight is 255 g/mol. The van der Waals surface area contributed by atoms with Gasteiger partial charge >= 0.3 is 6.18 Å². The molecule has 2 N–H and O–H groups in total. The normalized spacial score (nSPS) is 20.3. The molecule has 1 heterocycles. The lowest BCUT2D eigenvalue weighted by Gasteiger charge is -2.17. The summed E-state index contributed by atoms with van der Waals surface area (Å²) in [5.41, 5.74) is 5.87. The Morgan fingerprint density at radius 1 is 1.28 bits per heavy atom. The van der Waals surface area contributed by atoms with Gasteiger partial charge in [-0.15, -0.1) is 5.10 Å². The molecule has 18 heavy (non-hydrogen) atoms. The van der Waals surface area contributed by atoms with Crippen LogP contribution in [0.25, 0.3) is 0 Å². The molecule has 1 atom stereocenters. The van der Waals surface area contributed by atoms with E-state index in [1.807, 2.05) is 6.92 Å². The lowest BCUT2D eigenvalue weighted by Crippen LogP contribution is -2.26. The second-order valence-corrected chi connectivity index (χ2v) is 4.26. The van der Waals surface area contributed by atoms with E-state index in [4.69, 9.17) is 5.73 Å². The van der Waals surface area contributed by atoms with E-state index < -0.39 is 11.7 Å². The van der Waals surface area contributed by atoms with Gasteiger partial charge in [0.2, 0.25) is 0 Å². The maximum atomic E-state index is 12.6. The molecule has 6 heteroatoms. The molecule has 0 bridgehead atoms. The Balaban J connectivity index is 2.36. The van der Waals surface area contributed by atoms with Gasteiger partial charge in [0.15, 0.2) is 0 Å². The number of amidine groups is 1. The highest BCUT2D eigenvalue weighted by molar-refractivity contribution is 6.04. The SMILES string of the molecule is CC1CC(c2cccc(C(F)(F)F)c2)=NN=C1N. The van der Waals surface area contributed by atoms with Crippen LogP contribution in [0.4, 0.5) is 13.2 Å². The third-order valence-electron chi connectivity index (χ3n) is 2.81. The van der Waals surface area contributed by atoms with Crippen molar-refractivity contribution in [3.63, 3.8) is 0 Å². The van der Waals surface area contributed by atoms with Crippen LogP contribution in [-0.4, -0.2) is 11.5 Å². The monoisotopic (exact) mass is 255 g/mol. The van der Waals surface area contributed by atoms with Crippen molar-refractivity contribution >= 4 is 11.5 Å². The van der Waals surface area contributed by atoms with Crippen LogP contribution >= 0.6 is 0 Å². The van der Waals surface area contributed by atoms with Gasteiger partial charge in [-0.1, -0.05) is 19.1 Å². The van der Waals surface area contributed by atoms with Crippen molar-refractivity contribution in [2.24, 2.45) is 21.9 Å². The van der Waals surface area contributed by atoms with Crippen LogP contribution in [0.15, 0.2) is 34.5 Å². The maximum absolute atomic E-state index is 12.6. The topological polar surface area (TPSA) is 50.7 Å². The quantitative estimate of drug-likeness (QED) is 0.824. The molecule has 1 aliphatic rings. The standard InChI is InChI=1S/C12H12F3N3/c1-7-5-10(17-18-11(7)16)8-3-2-4-9(6-8)12(13,14)15/h2-4,6-7H,5H2,1H3,(H2,16,18). The van der Waals surface area contributed by atoms with Crippen LogP contribution in [0, 0.1) is 5.92 Å². The lowest BCUT2D eigenvalue weighted by molar-refractivity contribution is -0.137. The summed E-state index contributed by atoms with van der Waals surface area (Å²) in [5.74, 6) is 0.401. The zero-order chi connectivity index (χ0) is 13.3. The first-order valence-corrected chi connectivity index (χ1v) is 5.45. The van der Waals surface area contributed by atoms with Crippen LogP contribution < -0.4 is 5.73 Å². The van der Waals surface area contributed by atoms with E-state index in [9.17, 15) is 13.2 Å². The highest BCUT2D eigenvalue weighted by Crippen LogP contribution is 2.30. The number of alkyl halides is 3. The molecule has 0 fully saturated rings. The Morgan fingerprint density at radius 3 is 2.61 bits per heavy atom. The third-order valence-corrected chi connectivity index (χ3v) is 2.81. The van der Waals surface area contributed by atoms with Gasteiger partial charge in [-0.2, -0.15) is 18.3 Å². The number of benzene rings is 1. The summed E-state index contributed by atoms with van der Waals surface area (Å²) >= 11 is 0. The number of nitrogens with zero attached hydrogens (tertiary/aromatic N) is 2. The smallest absolute Gasteiger partial charge is 0.385 e. The second-order valence-electron chi connectivity index (χ2n) is 4.26. The molecular formula is C12H12F3N3. The molecule has 0 aromatic heterocycles. The molecule has 0 aliphatic carbocycles. The van der Waals surface area contributed by atoms with Crippen LogP contribution in [0.5, 0.6) is 0 Å². The van der Waals surface area contributed by atoms with Gasteiger partial charge in [0.1, 0.15) is 5.84 Å². The number of hydrogen-bond donors (Lipinski definition) is 1. The van der Waals surface area contributed by atoms with Gasteiger partial charge in [0.05, 0.1) is 11.3 Å². The van der Waals surface area contributed by atoms with E-state index in [0.717, 1.165) is 12.1 Å². The molecule has 2 rings (SSSR count). The number of nitrogens with two attached hydrogens (primary N) is 1. The van der Waals surface area contributed by atoms with E-state index in [0.29, 0.717) is 23.5 Å². The summed E-state index contributed by atoms with van der Waals surface area (Å²) in [5, 5.41) is 7.63. The Hall–Kier alpha value is -1.85. The summed E-state index contributed by atoms with van der Waals surface area (Å²) in [6, 6.07) is 5.08. The van der Waals surface area contributed by atoms with Crippen LogP contribution in [0.2, 0.25) is 0 Å². The first-order chi connectivity index (χ1) is 8.38. The van der Waals surface area contributed by atoms with E-state index in [1.54, 1.807) is 6.07 Å². The molecule has 0 saturated heterocycles. The Bertz CT molecular complexity index is 518. The van der Waals surface area contributed by atoms with Gasteiger partial charge in [-0.05, 0) is 17.7 Å². The van der Waals surface area contributed by atoms with E-state index in [1.165, 1.54) is 6.07 Å². The predicted molar refractivity (Wildman–Crippen MR) is 63.4 cm³/mol. The molecule has 1 aliphatic heterocycles. The van der Waals surface area contributed by atoms with E-state index >= 15 is 0 Å². The van der Waals surface area contributed by atoms with Gasteiger partial charge < -0.3 is 5.73 Å². The fourth-order valence-electron chi connectivity index (χ4n) is 1.70. The minimum absolute atomic E-state index is 0.00737. The number of halogens is 3. The highest BCUT2D eigenvalue weighted by atomic mass is 19.4. The first-order valence-electron chi connectivity index (χ1n) is 5.45. The lowest BCUT2D eigenvalue weighted by atomic mass is 9.96. The average Bonchev–Trinajstić information content (AvgIpc) is 2.32. The molecule has 0 saturated carbocycles. The Kier molecular flexibility index (Phi) is 3.11. The number of hydrogen-bond acceptors (Lipinski definition) is 3. The molecule has 0 radical (unpaired) electrons. The fraction of sp³-hybridized carbons (Fsp3) is 0.333. The van der Waals surface area contributed by atoms with Crippen molar-refractivity contribution in [3.05, 3.63) is 35.4 Å². The third kappa shape index (κ3) is 2.52. The molecule has 1 aromatic rings. The van der Waals surface area contributed by atoms with Crippen molar-refractivity contribution in [1.82, 2.24) is 0 Å². The Morgan fingerprint density at radius 2 is 2.00 bits per heavy atom. The molecular weight excluding hydrogens is 243 g/mol. The second kappa shape index (κ2) is 4.44. The van der Waals surface area contributed by atoms with Crippen LogP contribution in [0.1, 0.15) is 24.5 Å². The van der Waals surface area contributed by atoms with Gasteiger partial charge in [-0.3, -0.25) is 0 Å². The van der Waals surface area contributed by atoms with Crippen molar-refractivity contribution < 1.29 is 13.2 Å². The minimum atomic E-state index is -4.35. The summed E-state index contributed by atoms with van der Waals surface area (Å²) in [6.45, 7) is 1.86. The zero-order valence-electron chi connectivity index (χ0n) is 9.70. The molecule has 0 spiro atoms. The molecule has 1 unspecified atom stereocenters. The summed E-state index contributed by atoms with van der Waals surface area (Å²) in [6.07, 6.45) is -3.85. The van der Waals surface area contributed by atoms with Gasteiger partial charge in [0.25, 0.3) is 0 Å². The molecule has 0 amide bonds. The van der Waals surface area contributed by atoms with Gasteiger partial charge in [0, 0.05) is 12.3 Å². The summed E-state index contributed by atoms with van der Waals surface area (Å²) in [4.78, 5) is 0. The van der Waals surface area contributed by atoms with Crippen molar-refractivity contribution in [2.75, 3.05) is 0 Å². The maximum Gasteiger partial charge on any atom is 0.416 e. The number of rotatable bonds is 1. The van der Waals surface area contributed by atoms with Crippen LogP contribution in [-0.2, 0) is 6.18 Å². The van der Waals surface area contributed by atoms with Crippen molar-refractivity contribution in [3.8, 4) is 0 Å². The molecule has 3 nitrogen and oxygen atoms in total. The van der Waals surface area contributed by atoms with Crippen molar-refractivity contribution in [1.29, 1.82) is 0 Å². The largest absolute Gasteiger partial charge is 0.416 e. The van der Waals surface area contributed by atoms with Gasteiger partial charge in [-0.25, -0.2) is 0 Å². The van der Waals surface area contributed by atoms with E-state index in [2.05, 4.69) is 10.2 Å². The Labute approximate surface area is 102 Å². The molecule has 1 aromatic carbocycles. The van der Waals surface area contributed by atoms with E-state index in [-0.39, 0.29) is 5.92 Å². The fourth-order valence-corrected chi connectivity index (χ4v) is 1.70. The van der Waals surface area contributed by atoms with Crippen LogP contribution in [0.3, 0.4) is 0 Å². The van der Waals surface area contributed by atoms with Crippen molar-refractivity contribution in [2.45, 2.75) is 19.5 Å².